The van der Waals surface area contributed by atoms with Crippen molar-refractivity contribution in [2.75, 3.05) is 13.2 Å². The van der Waals surface area contributed by atoms with E-state index in [9.17, 15) is 0 Å². The van der Waals surface area contributed by atoms with Crippen LogP contribution in [0, 0.1) is 0 Å². The van der Waals surface area contributed by atoms with Gasteiger partial charge in [-0.1, -0.05) is 0 Å². The summed E-state index contributed by atoms with van der Waals surface area (Å²) in [7, 11) is 0. The molecule has 0 bridgehead atoms. The van der Waals surface area contributed by atoms with E-state index in [1.807, 2.05) is 0 Å². The molecule has 5 heteroatoms. The molecule has 0 N–H and O–H groups in total. The van der Waals surface area contributed by atoms with E-state index in [1.54, 1.807) is 0 Å². The van der Waals surface area contributed by atoms with E-state index < -0.39 is 38.4 Å². The molecule has 0 spiro atoms. The molecule has 0 aromatic heterocycles. The molecule has 204 valence electrons. The van der Waals surface area contributed by atoms with E-state index in [1.165, 1.54) is 14.3 Å². The monoisotopic (exact) mass is 738 g/mol. The third kappa shape index (κ3) is 7.76. The number of hydrogen-bond donors (Lipinski definition) is 0. The van der Waals surface area contributed by atoms with E-state index >= 15 is 0 Å². The van der Waals surface area contributed by atoms with Gasteiger partial charge >= 0.3 is 247 Å². The third-order valence-corrected chi connectivity index (χ3v) is 35.6. The van der Waals surface area contributed by atoms with E-state index in [0.717, 1.165) is 38.5 Å². The molecule has 0 unspecified atom stereocenters. The second kappa shape index (κ2) is 16.0. The van der Waals surface area contributed by atoms with E-state index in [0.29, 0.717) is 13.2 Å². The molecular formula is C34H42O3Sn2. The summed E-state index contributed by atoms with van der Waals surface area (Å²) in [6, 6.07) is 43.0. The third-order valence-electron chi connectivity index (χ3n) is 7.01. The van der Waals surface area contributed by atoms with Crippen LogP contribution in [0.3, 0.4) is 0 Å². The molecule has 0 amide bonds. The van der Waals surface area contributed by atoms with Crippen molar-refractivity contribution in [3.05, 3.63) is 121 Å². The van der Waals surface area contributed by atoms with E-state index in [2.05, 4.69) is 135 Å². The zero-order valence-electron chi connectivity index (χ0n) is 23.4. The summed E-state index contributed by atoms with van der Waals surface area (Å²) in [6.45, 7) is 5.85. The second-order valence-corrected chi connectivity index (χ2v) is 29.7. The molecule has 0 fully saturated rings. The van der Waals surface area contributed by atoms with Gasteiger partial charge in [-0.3, -0.25) is 0 Å². The summed E-state index contributed by atoms with van der Waals surface area (Å²) in [5.74, 6) is 0. The Morgan fingerprint density at radius 3 is 0.949 bits per heavy atom. The van der Waals surface area contributed by atoms with Crippen LogP contribution >= 0.6 is 0 Å². The van der Waals surface area contributed by atoms with Gasteiger partial charge in [0.2, 0.25) is 0 Å². The van der Waals surface area contributed by atoms with Crippen molar-refractivity contribution in [3.63, 3.8) is 0 Å². The first-order valence-electron chi connectivity index (χ1n) is 14.5. The molecule has 0 saturated carbocycles. The van der Waals surface area contributed by atoms with Gasteiger partial charge in [0.1, 0.15) is 0 Å². The van der Waals surface area contributed by atoms with Gasteiger partial charge in [-0.05, 0) is 0 Å². The van der Waals surface area contributed by atoms with Crippen molar-refractivity contribution in [2.45, 2.75) is 52.4 Å². The minimum atomic E-state index is -4.27. The van der Waals surface area contributed by atoms with Crippen LogP contribution in [0.25, 0.3) is 0 Å². The Morgan fingerprint density at radius 1 is 0.410 bits per heavy atom. The Kier molecular flexibility index (Phi) is 12.4. The van der Waals surface area contributed by atoms with E-state index in [4.69, 9.17) is 7.56 Å². The van der Waals surface area contributed by atoms with Gasteiger partial charge < -0.3 is 0 Å². The molecular weight excluding hydrogens is 694 g/mol. The summed E-state index contributed by atoms with van der Waals surface area (Å²) in [6.07, 6.45) is 6.64. The van der Waals surface area contributed by atoms with Crippen molar-refractivity contribution in [1.29, 1.82) is 0 Å². The van der Waals surface area contributed by atoms with Gasteiger partial charge in [0.05, 0.1) is 0 Å². The van der Waals surface area contributed by atoms with Crippen LogP contribution in [0.5, 0.6) is 0 Å². The maximum atomic E-state index is 7.91. The fraction of sp³-hybridized carbons (Fsp3) is 0.294. The summed E-state index contributed by atoms with van der Waals surface area (Å²) in [5.41, 5.74) is 0. The van der Waals surface area contributed by atoms with Crippen LogP contribution in [-0.2, 0) is 7.56 Å². The summed E-state index contributed by atoms with van der Waals surface area (Å²) >= 11 is -8.54. The molecule has 0 aliphatic carbocycles. The number of hydrogen-bond acceptors (Lipinski definition) is 3. The summed E-state index contributed by atoms with van der Waals surface area (Å²) in [5, 5.41) is 0. The maximum absolute atomic E-state index is 7.91. The molecule has 0 radical (unpaired) electrons. The molecule has 0 atom stereocenters. The van der Waals surface area contributed by atoms with E-state index in [-0.39, 0.29) is 0 Å². The Morgan fingerprint density at radius 2 is 0.692 bits per heavy atom. The van der Waals surface area contributed by atoms with Gasteiger partial charge in [-0.2, -0.15) is 0 Å². The van der Waals surface area contributed by atoms with Crippen molar-refractivity contribution in [2.24, 2.45) is 0 Å². The zero-order chi connectivity index (χ0) is 27.2. The average molecular weight is 736 g/mol. The van der Waals surface area contributed by atoms with Gasteiger partial charge in [0.25, 0.3) is 0 Å². The van der Waals surface area contributed by atoms with Crippen LogP contribution in [0.1, 0.15) is 52.4 Å². The number of unbranched alkanes of at least 4 members (excludes halogenated alkanes) is 4. The van der Waals surface area contributed by atoms with Gasteiger partial charge in [-0.15, -0.1) is 0 Å². The average Bonchev–Trinajstić information content (AvgIpc) is 3.02. The van der Waals surface area contributed by atoms with Crippen LogP contribution < -0.4 is 14.3 Å². The minimum absolute atomic E-state index is 0.690. The molecule has 0 aliphatic rings. The molecule has 3 nitrogen and oxygen atoms in total. The topological polar surface area (TPSA) is 27.7 Å². The fourth-order valence-corrected chi connectivity index (χ4v) is 40.3. The molecule has 4 aromatic rings. The van der Waals surface area contributed by atoms with Crippen LogP contribution in [-0.4, -0.2) is 51.6 Å². The first-order chi connectivity index (χ1) is 19.2. The van der Waals surface area contributed by atoms with Crippen molar-refractivity contribution >= 4 is 52.7 Å². The SMILES string of the molecule is CCCCC[O][Sn]([O][Sn]([O]CCCCC)([c]1ccccc1)[c]1ccccc1)([c]1ccccc1)[c]1ccccc1. The standard InChI is InChI=1S/4C6H5.2C5H11O.O.2Sn/c4*1-2-4-6-5-3-1;2*1-2-3-4-5-6;;;/h4*1-5H;2*2-5H2,1H3;;;/q;;;;2*-1;;2*+1. The zero-order valence-corrected chi connectivity index (χ0v) is 29.1. The van der Waals surface area contributed by atoms with Crippen molar-refractivity contribution in [3.8, 4) is 0 Å². The first kappa shape index (κ1) is 30.3. The molecule has 4 rings (SSSR count). The van der Waals surface area contributed by atoms with Crippen LogP contribution in [0.15, 0.2) is 121 Å². The Labute approximate surface area is 245 Å². The second-order valence-electron chi connectivity index (χ2n) is 9.91. The fourth-order valence-electron chi connectivity index (χ4n) is 4.93. The summed E-state index contributed by atoms with van der Waals surface area (Å²) < 4.78 is 27.1. The van der Waals surface area contributed by atoms with Gasteiger partial charge in [0, 0.05) is 0 Å². The summed E-state index contributed by atoms with van der Waals surface area (Å²) in [4.78, 5) is 0. The van der Waals surface area contributed by atoms with Crippen LogP contribution in [0.2, 0.25) is 0 Å². The Bertz CT molecular complexity index is 1030. The number of benzene rings is 4. The molecule has 0 saturated heterocycles. The molecule has 0 heterocycles. The Hall–Kier alpha value is -1.64. The van der Waals surface area contributed by atoms with Crippen molar-refractivity contribution in [1.82, 2.24) is 0 Å². The quantitative estimate of drug-likeness (QED) is 0.106. The van der Waals surface area contributed by atoms with Crippen molar-refractivity contribution < 1.29 is 7.56 Å². The van der Waals surface area contributed by atoms with Gasteiger partial charge in [-0.25, -0.2) is 0 Å². The predicted octanol–water partition coefficient (Wildman–Crippen LogP) is 5.93. The molecule has 4 aromatic carbocycles. The van der Waals surface area contributed by atoms with Gasteiger partial charge in [0.15, 0.2) is 0 Å². The first-order valence-corrected chi connectivity index (χ1v) is 24.8. The normalized spacial score (nSPS) is 11.9. The van der Waals surface area contributed by atoms with Crippen LogP contribution in [0.4, 0.5) is 0 Å². The Balaban J connectivity index is 1.94. The molecule has 39 heavy (non-hydrogen) atoms. The predicted molar refractivity (Wildman–Crippen MR) is 168 cm³/mol. The molecule has 0 aliphatic heterocycles. The number of rotatable bonds is 16.